The average molecular weight is 191 g/mol. The minimum absolute atomic E-state index is 0.0366. The molecule has 1 rings (SSSR count). The van der Waals surface area contributed by atoms with E-state index in [1.165, 1.54) is 5.56 Å². The van der Waals surface area contributed by atoms with Crippen molar-refractivity contribution in [2.75, 3.05) is 0 Å². The summed E-state index contributed by atoms with van der Waals surface area (Å²) in [6.07, 6.45) is 5.16. The second-order valence-corrected chi connectivity index (χ2v) is 4.58. The molecule has 2 nitrogen and oxygen atoms in total. The Bertz CT molecular complexity index is 303. The lowest BCUT2D eigenvalue weighted by Gasteiger charge is -2.22. The van der Waals surface area contributed by atoms with E-state index >= 15 is 0 Å². The van der Waals surface area contributed by atoms with Gasteiger partial charge in [-0.3, -0.25) is 4.98 Å². The van der Waals surface area contributed by atoms with E-state index in [0.717, 1.165) is 6.42 Å². The number of rotatable bonds is 4. The van der Waals surface area contributed by atoms with Crippen LogP contribution in [0.2, 0.25) is 0 Å². The van der Waals surface area contributed by atoms with Gasteiger partial charge in [-0.15, -0.1) is 0 Å². The highest BCUT2D eigenvalue weighted by molar-refractivity contribution is 5.76. The minimum atomic E-state index is 0.0366. The number of hydrogen-bond donors (Lipinski definition) is 0. The average Bonchev–Trinajstić information content (AvgIpc) is 2.02. The maximum atomic E-state index is 11.0. The van der Waals surface area contributed by atoms with Crippen LogP contribution < -0.4 is 0 Å². The number of carbonyl (C=O) groups is 1. The molecule has 1 aromatic heterocycles. The van der Waals surface area contributed by atoms with Crippen LogP contribution in [0.3, 0.4) is 0 Å². The monoisotopic (exact) mass is 191 g/mol. The lowest BCUT2D eigenvalue weighted by molar-refractivity contribution is -0.118. The van der Waals surface area contributed by atoms with E-state index < -0.39 is 0 Å². The molecule has 0 N–H and O–H groups in total. The summed E-state index contributed by atoms with van der Waals surface area (Å²) >= 11 is 0. The fourth-order valence-corrected chi connectivity index (χ4v) is 1.79. The van der Waals surface area contributed by atoms with Crippen LogP contribution in [0, 0.1) is 5.41 Å². The smallest absolute Gasteiger partial charge is 0.130 e. The molecule has 0 aliphatic carbocycles. The summed E-state index contributed by atoms with van der Waals surface area (Å²) in [5.41, 5.74) is 1.23. The maximum absolute atomic E-state index is 11.0. The molecular weight excluding hydrogens is 174 g/mol. The lowest BCUT2D eigenvalue weighted by atomic mass is 9.82. The quantitative estimate of drug-likeness (QED) is 0.732. The number of nitrogens with zero attached hydrogens (tertiary/aromatic N) is 1. The molecule has 1 aromatic rings. The van der Waals surface area contributed by atoms with Gasteiger partial charge in [0, 0.05) is 18.8 Å². The number of ketones is 1. The zero-order valence-electron chi connectivity index (χ0n) is 9.08. The summed E-state index contributed by atoms with van der Waals surface area (Å²) in [7, 11) is 0. The van der Waals surface area contributed by atoms with E-state index in [-0.39, 0.29) is 11.2 Å². The van der Waals surface area contributed by atoms with Gasteiger partial charge in [0.25, 0.3) is 0 Å². The van der Waals surface area contributed by atoms with Gasteiger partial charge in [0.05, 0.1) is 0 Å². The summed E-state index contributed by atoms with van der Waals surface area (Å²) in [4.78, 5) is 15.1. The van der Waals surface area contributed by atoms with Crippen molar-refractivity contribution in [1.82, 2.24) is 4.98 Å². The van der Waals surface area contributed by atoms with Crippen LogP contribution >= 0.6 is 0 Å². The zero-order valence-corrected chi connectivity index (χ0v) is 9.08. The first kappa shape index (κ1) is 10.9. The van der Waals surface area contributed by atoms with Gasteiger partial charge in [-0.2, -0.15) is 0 Å². The Balaban J connectivity index is 2.63. The maximum Gasteiger partial charge on any atom is 0.130 e. The van der Waals surface area contributed by atoms with E-state index in [1.54, 1.807) is 13.1 Å². The summed E-state index contributed by atoms with van der Waals surface area (Å²) in [6.45, 7) is 5.87. The molecule has 2 heteroatoms. The molecule has 0 saturated carbocycles. The first-order valence-corrected chi connectivity index (χ1v) is 4.88. The number of pyridine rings is 1. The van der Waals surface area contributed by atoms with Gasteiger partial charge in [0.1, 0.15) is 5.78 Å². The minimum Gasteiger partial charge on any atom is -0.300 e. The number of Topliss-reactive ketones (excluding diaryl/α,β-unsaturated/α-hetero) is 1. The molecule has 76 valence electrons. The highest BCUT2D eigenvalue weighted by Gasteiger charge is 2.20. The molecule has 0 amide bonds. The third-order valence-electron chi connectivity index (χ3n) is 2.13. The van der Waals surface area contributed by atoms with Crippen LogP contribution in [-0.2, 0) is 11.2 Å². The highest BCUT2D eigenvalue weighted by Crippen LogP contribution is 2.25. The molecule has 0 aliphatic heterocycles. The Hall–Kier alpha value is -1.18. The molecule has 0 atom stereocenters. The Morgan fingerprint density at radius 3 is 2.71 bits per heavy atom. The van der Waals surface area contributed by atoms with Crippen LogP contribution in [0.4, 0.5) is 0 Å². The van der Waals surface area contributed by atoms with E-state index in [9.17, 15) is 4.79 Å². The lowest BCUT2D eigenvalue weighted by Crippen LogP contribution is -2.18. The molecule has 0 aromatic carbocycles. The predicted molar refractivity (Wildman–Crippen MR) is 57.0 cm³/mol. The van der Waals surface area contributed by atoms with Crippen molar-refractivity contribution in [1.29, 1.82) is 0 Å². The molecule has 0 radical (unpaired) electrons. The van der Waals surface area contributed by atoms with E-state index in [4.69, 9.17) is 0 Å². The Labute approximate surface area is 85.4 Å². The third kappa shape index (κ3) is 3.69. The summed E-state index contributed by atoms with van der Waals surface area (Å²) in [5, 5.41) is 0. The van der Waals surface area contributed by atoms with Gasteiger partial charge < -0.3 is 4.79 Å². The molecule has 1 heterocycles. The van der Waals surface area contributed by atoms with Crippen LogP contribution in [0.15, 0.2) is 24.5 Å². The number of carbonyl (C=O) groups excluding carboxylic acids is 1. The first-order valence-electron chi connectivity index (χ1n) is 4.88. The molecule has 14 heavy (non-hydrogen) atoms. The third-order valence-corrected chi connectivity index (χ3v) is 2.13. The number of aromatic nitrogens is 1. The Kier molecular flexibility index (Phi) is 3.39. The Morgan fingerprint density at radius 1 is 1.50 bits per heavy atom. The van der Waals surface area contributed by atoms with Gasteiger partial charge in [-0.1, -0.05) is 19.9 Å². The SMILES string of the molecule is CC(=O)CC(C)(C)Cc1cccnc1. The molecule has 0 unspecified atom stereocenters. The first-order chi connectivity index (χ1) is 6.49. The van der Waals surface area contributed by atoms with Crippen LogP contribution in [0.5, 0.6) is 0 Å². The Morgan fingerprint density at radius 2 is 2.21 bits per heavy atom. The van der Waals surface area contributed by atoms with Gasteiger partial charge >= 0.3 is 0 Å². The van der Waals surface area contributed by atoms with Gasteiger partial charge in [-0.05, 0) is 30.4 Å². The summed E-state index contributed by atoms with van der Waals surface area (Å²) in [6, 6.07) is 3.98. The van der Waals surface area contributed by atoms with Crippen molar-refractivity contribution in [2.24, 2.45) is 5.41 Å². The van der Waals surface area contributed by atoms with Crippen molar-refractivity contribution in [3.63, 3.8) is 0 Å². The fourth-order valence-electron chi connectivity index (χ4n) is 1.79. The van der Waals surface area contributed by atoms with Crippen molar-refractivity contribution in [2.45, 2.75) is 33.6 Å². The van der Waals surface area contributed by atoms with Gasteiger partial charge in [0.15, 0.2) is 0 Å². The standard InChI is InChI=1S/C12H17NO/c1-10(14)7-12(2,3)8-11-5-4-6-13-9-11/h4-6,9H,7-8H2,1-3H3. The molecule has 0 fully saturated rings. The molecule has 0 aliphatic rings. The molecule has 0 spiro atoms. The van der Waals surface area contributed by atoms with Crippen molar-refractivity contribution in [3.8, 4) is 0 Å². The fraction of sp³-hybridized carbons (Fsp3) is 0.500. The van der Waals surface area contributed by atoms with E-state index in [1.807, 2.05) is 12.3 Å². The zero-order chi connectivity index (χ0) is 10.6. The predicted octanol–water partition coefficient (Wildman–Crippen LogP) is 2.63. The van der Waals surface area contributed by atoms with Gasteiger partial charge in [0.2, 0.25) is 0 Å². The normalized spacial score (nSPS) is 11.4. The van der Waals surface area contributed by atoms with E-state index in [0.29, 0.717) is 6.42 Å². The van der Waals surface area contributed by atoms with E-state index in [2.05, 4.69) is 24.9 Å². The number of hydrogen-bond acceptors (Lipinski definition) is 2. The topological polar surface area (TPSA) is 30.0 Å². The van der Waals surface area contributed by atoms with Crippen LogP contribution in [0.1, 0.15) is 32.8 Å². The highest BCUT2D eigenvalue weighted by atomic mass is 16.1. The molecule has 0 bridgehead atoms. The van der Waals surface area contributed by atoms with Crippen LogP contribution in [0.25, 0.3) is 0 Å². The van der Waals surface area contributed by atoms with Crippen molar-refractivity contribution in [3.05, 3.63) is 30.1 Å². The van der Waals surface area contributed by atoms with Crippen molar-refractivity contribution >= 4 is 5.78 Å². The molecular formula is C12H17NO. The summed E-state index contributed by atoms with van der Waals surface area (Å²) < 4.78 is 0. The second-order valence-electron chi connectivity index (χ2n) is 4.58. The second kappa shape index (κ2) is 4.36. The van der Waals surface area contributed by atoms with Crippen molar-refractivity contribution < 1.29 is 4.79 Å². The largest absolute Gasteiger partial charge is 0.300 e. The van der Waals surface area contributed by atoms with Gasteiger partial charge in [-0.25, -0.2) is 0 Å². The van der Waals surface area contributed by atoms with Crippen LogP contribution in [-0.4, -0.2) is 10.8 Å². The summed E-state index contributed by atoms with van der Waals surface area (Å²) in [5.74, 6) is 0.249. The molecule has 0 saturated heterocycles.